The predicted octanol–water partition coefficient (Wildman–Crippen LogP) is 1.52. The quantitative estimate of drug-likeness (QED) is 0.421. The highest BCUT2D eigenvalue weighted by atomic mass is 16.5. The molecular formula is C17H18N6O. The summed E-state index contributed by atoms with van der Waals surface area (Å²) in [5, 5.41) is 3.00. The molecule has 122 valence electrons. The number of fused-ring (bicyclic) bond motifs is 3. The number of hydrogen-bond donors (Lipinski definition) is 2. The minimum absolute atomic E-state index is 0.0175. The van der Waals surface area contributed by atoms with Gasteiger partial charge in [-0.15, -0.1) is 0 Å². The van der Waals surface area contributed by atoms with Crippen molar-refractivity contribution in [2.75, 3.05) is 31.2 Å². The van der Waals surface area contributed by atoms with Crippen molar-refractivity contribution in [3.8, 4) is 0 Å². The fourth-order valence-electron chi connectivity index (χ4n) is 2.95. The van der Waals surface area contributed by atoms with E-state index in [-0.39, 0.29) is 5.96 Å². The number of nitrogens with two attached hydrogens (primary N) is 2. The SMILES string of the molecule is NC(N)=Nc1nc(N2CCOCC2)nc2c1ccc1ccccc12. The number of guanidine groups is 1. The first kappa shape index (κ1) is 14.6. The molecule has 0 unspecified atom stereocenters. The van der Waals surface area contributed by atoms with Crippen LogP contribution in [0.1, 0.15) is 0 Å². The molecule has 4 N–H and O–H groups in total. The number of aromatic nitrogens is 2. The summed E-state index contributed by atoms with van der Waals surface area (Å²) in [6, 6.07) is 12.1. The second-order valence-electron chi connectivity index (χ2n) is 5.67. The molecule has 24 heavy (non-hydrogen) atoms. The van der Waals surface area contributed by atoms with Crippen LogP contribution >= 0.6 is 0 Å². The molecule has 0 saturated carbocycles. The van der Waals surface area contributed by atoms with E-state index in [0.717, 1.165) is 34.8 Å². The topological polar surface area (TPSA) is 103 Å². The van der Waals surface area contributed by atoms with E-state index >= 15 is 0 Å². The summed E-state index contributed by atoms with van der Waals surface area (Å²) in [4.78, 5) is 15.7. The normalized spacial score (nSPS) is 14.9. The van der Waals surface area contributed by atoms with E-state index in [1.165, 1.54) is 0 Å². The van der Waals surface area contributed by atoms with Gasteiger partial charge < -0.3 is 21.1 Å². The molecule has 1 aliphatic rings. The molecule has 1 aliphatic heterocycles. The molecule has 7 heteroatoms. The van der Waals surface area contributed by atoms with Crippen molar-refractivity contribution in [2.24, 2.45) is 16.5 Å². The molecule has 7 nitrogen and oxygen atoms in total. The number of rotatable bonds is 2. The molecule has 2 aromatic carbocycles. The minimum Gasteiger partial charge on any atom is -0.378 e. The number of morpholine rings is 1. The molecule has 0 bridgehead atoms. The van der Waals surface area contributed by atoms with E-state index in [9.17, 15) is 0 Å². The van der Waals surface area contributed by atoms with Crippen LogP contribution in [0.15, 0.2) is 41.4 Å². The largest absolute Gasteiger partial charge is 0.378 e. The Morgan fingerprint density at radius 2 is 1.79 bits per heavy atom. The van der Waals surface area contributed by atoms with Crippen LogP contribution in [0.5, 0.6) is 0 Å². The fourth-order valence-corrected chi connectivity index (χ4v) is 2.95. The summed E-state index contributed by atoms with van der Waals surface area (Å²) < 4.78 is 5.41. The Hall–Kier alpha value is -2.93. The van der Waals surface area contributed by atoms with Crippen LogP contribution < -0.4 is 16.4 Å². The van der Waals surface area contributed by atoms with Gasteiger partial charge in [-0.05, 0) is 11.5 Å². The molecule has 3 aromatic rings. The van der Waals surface area contributed by atoms with Gasteiger partial charge in [-0.3, -0.25) is 0 Å². The highest BCUT2D eigenvalue weighted by molar-refractivity contribution is 6.08. The number of nitrogens with zero attached hydrogens (tertiary/aromatic N) is 4. The van der Waals surface area contributed by atoms with E-state index in [1.54, 1.807) is 0 Å². The van der Waals surface area contributed by atoms with Gasteiger partial charge in [0.25, 0.3) is 0 Å². The van der Waals surface area contributed by atoms with Gasteiger partial charge >= 0.3 is 0 Å². The van der Waals surface area contributed by atoms with Crippen molar-refractivity contribution >= 4 is 39.4 Å². The second-order valence-corrected chi connectivity index (χ2v) is 5.67. The summed E-state index contributed by atoms with van der Waals surface area (Å²) >= 11 is 0. The zero-order chi connectivity index (χ0) is 16.5. The summed E-state index contributed by atoms with van der Waals surface area (Å²) in [5.74, 6) is 1.10. The third-order valence-corrected chi connectivity index (χ3v) is 4.09. The Balaban J connectivity index is 2.00. The first-order valence-corrected chi connectivity index (χ1v) is 7.84. The van der Waals surface area contributed by atoms with Crippen molar-refractivity contribution in [1.82, 2.24) is 9.97 Å². The third-order valence-electron chi connectivity index (χ3n) is 4.09. The molecule has 4 rings (SSSR count). The lowest BCUT2D eigenvalue weighted by atomic mass is 10.1. The fraction of sp³-hybridized carbons (Fsp3) is 0.235. The Morgan fingerprint density at radius 3 is 2.58 bits per heavy atom. The summed E-state index contributed by atoms with van der Waals surface area (Å²) in [5.41, 5.74) is 12.0. The Kier molecular flexibility index (Phi) is 3.62. The average molecular weight is 322 g/mol. The maximum absolute atomic E-state index is 5.59. The van der Waals surface area contributed by atoms with Crippen molar-refractivity contribution in [3.05, 3.63) is 36.4 Å². The van der Waals surface area contributed by atoms with Crippen LogP contribution in [0, 0.1) is 0 Å². The highest BCUT2D eigenvalue weighted by Gasteiger charge is 2.17. The van der Waals surface area contributed by atoms with Crippen molar-refractivity contribution in [1.29, 1.82) is 0 Å². The standard InChI is InChI=1S/C17H18N6O/c18-16(19)21-15-13-6-5-11-3-1-2-4-12(11)14(13)20-17(22-15)23-7-9-24-10-8-23/h1-6H,7-10H2,(H4,18,19,20,21,22). The van der Waals surface area contributed by atoms with E-state index in [0.29, 0.717) is 25.0 Å². The van der Waals surface area contributed by atoms with Gasteiger partial charge in [-0.1, -0.05) is 30.3 Å². The number of hydrogen-bond acceptors (Lipinski definition) is 5. The van der Waals surface area contributed by atoms with Crippen LogP contribution in [-0.2, 0) is 4.74 Å². The first-order chi connectivity index (χ1) is 11.7. The maximum atomic E-state index is 5.59. The number of benzene rings is 2. The lowest BCUT2D eigenvalue weighted by molar-refractivity contribution is 0.122. The Morgan fingerprint density at radius 1 is 1.00 bits per heavy atom. The highest BCUT2D eigenvalue weighted by Crippen LogP contribution is 2.31. The molecule has 2 heterocycles. The van der Waals surface area contributed by atoms with Gasteiger partial charge in [-0.25, -0.2) is 4.98 Å². The van der Waals surface area contributed by atoms with Gasteiger partial charge in [-0.2, -0.15) is 9.98 Å². The summed E-state index contributed by atoms with van der Waals surface area (Å²) in [7, 11) is 0. The first-order valence-electron chi connectivity index (χ1n) is 7.84. The van der Waals surface area contributed by atoms with Gasteiger partial charge in [0.15, 0.2) is 11.8 Å². The molecule has 0 radical (unpaired) electrons. The van der Waals surface area contributed by atoms with Crippen molar-refractivity contribution in [3.63, 3.8) is 0 Å². The lowest BCUT2D eigenvalue weighted by Gasteiger charge is -2.27. The monoisotopic (exact) mass is 322 g/mol. The molecule has 0 spiro atoms. The lowest BCUT2D eigenvalue weighted by Crippen LogP contribution is -2.37. The number of aliphatic imine (C=N–C) groups is 1. The van der Waals surface area contributed by atoms with Gasteiger partial charge in [0.05, 0.1) is 18.7 Å². The summed E-state index contributed by atoms with van der Waals surface area (Å²) in [6.07, 6.45) is 0. The van der Waals surface area contributed by atoms with E-state index in [2.05, 4.69) is 20.9 Å². The molecule has 1 aromatic heterocycles. The van der Waals surface area contributed by atoms with Crippen LogP contribution in [0.3, 0.4) is 0 Å². The molecule has 0 atom stereocenters. The van der Waals surface area contributed by atoms with Gasteiger partial charge in [0.2, 0.25) is 5.95 Å². The maximum Gasteiger partial charge on any atom is 0.228 e. The third kappa shape index (κ3) is 2.59. The van der Waals surface area contributed by atoms with Crippen molar-refractivity contribution in [2.45, 2.75) is 0 Å². The Labute approximate surface area is 139 Å². The van der Waals surface area contributed by atoms with E-state index < -0.39 is 0 Å². The molecule has 0 amide bonds. The number of ether oxygens (including phenoxy) is 1. The molecule has 0 aliphatic carbocycles. The van der Waals surface area contributed by atoms with Gasteiger partial charge in [0.1, 0.15) is 0 Å². The zero-order valence-corrected chi connectivity index (χ0v) is 13.1. The zero-order valence-electron chi connectivity index (χ0n) is 13.1. The van der Waals surface area contributed by atoms with E-state index in [1.807, 2.05) is 30.3 Å². The number of anilines is 1. The molecule has 1 saturated heterocycles. The van der Waals surface area contributed by atoms with Gasteiger partial charge in [0, 0.05) is 23.9 Å². The van der Waals surface area contributed by atoms with E-state index in [4.69, 9.17) is 21.2 Å². The van der Waals surface area contributed by atoms with Crippen LogP contribution in [0.25, 0.3) is 21.7 Å². The smallest absolute Gasteiger partial charge is 0.228 e. The van der Waals surface area contributed by atoms with Crippen molar-refractivity contribution < 1.29 is 4.74 Å². The Bertz CT molecular complexity index is 929. The van der Waals surface area contributed by atoms with Crippen LogP contribution in [0.4, 0.5) is 11.8 Å². The second kappa shape index (κ2) is 5.93. The molecular weight excluding hydrogens is 304 g/mol. The average Bonchev–Trinajstić information content (AvgIpc) is 2.61. The predicted molar refractivity (Wildman–Crippen MR) is 95.5 cm³/mol. The van der Waals surface area contributed by atoms with Crippen LogP contribution in [-0.4, -0.2) is 42.2 Å². The molecule has 1 fully saturated rings. The summed E-state index contributed by atoms with van der Waals surface area (Å²) in [6.45, 7) is 2.82. The van der Waals surface area contributed by atoms with Crippen LogP contribution in [0.2, 0.25) is 0 Å². The minimum atomic E-state index is -0.0175.